The van der Waals surface area contributed by atoms with Crippen molar-refractivity contribution in [2.45, 2.75) is 10.4 Å². The molecule has 0 spiro atoms. The van der Waals surface area contributed by atoms with E-state index in [-0.39, 0.29) is 10.7 Å². The molecule has 1 atom stereocenters. The number of alkyl halides is 2. The van der Waals surface area contributed by atoms with Crippen LogP contribution in [0.2, 0.25) is 0 Å². The van der Waals surface area contributed by atoms with Gasteiger partial charge in [-0.15, -0.1) is 0 Å². The first-order valence-corrected chi connectivity index (χ1v) is 4.31. The summed E-state index contributed by atoms with van der Waals surface area (Å²) in [5.41, 5.74) is 5.15. The van der Waals surface area contributed by atoms with Crippen molar-refractivity contribution in [3.8, 4) is 0 Å². The monoisotopic (exact) mass is 242 g/mol. The fourth-order valence-corrected chi connectivity index (χ4v) is 1.50. The molecule has 0 aromatic carbocycles. The zero-order chi connectivity index (χ0) is 10.2. The molecule has 7 heteroatoms. The molecule has 3 N–H and O–H groups in total. The van der Waals surface area contributed by atoms with Gasteiger partial charge in [0.2, 0.25) is 0 Å². The second-order valence-electron chi connectivity index (χ2n) is 2.41. The summed E-state index contributed by atoms with van der Waals surface area (Å²) in [6, 6.07) is -0.971. The molecule has 0 saturated heterocycles. The smallest absolute Gasteiger partial charge is 0.355 e. The lowest BCUT2D eigenvalue weighted by Gasteiger charge is -2.25. The lowest BCUT2D eigenvalue weighted by atomic mass is 10.1. The Labute approximate surface area is 89.0 Å². The minimum absolute atomic E-state index is 0.153. The first kappa shape index (κ1) is 10.8. The van der Waals surface area contributed by atoms with Gasteiger partial charge in [-0.2, -0.15) is 0 Å². The second-order valence-corrected chi connectivity index (χ2v) is 4.26. The van der Waals surface area contributed by atoms with E-state index in [0.717, 1.165) is 6.21 Å². The Bertz CT molecular complexity index is 311. The summed E-state index contributed by atoms with van der Waals surface area (Å²) in [6.07, 6.45) is 1.05. The van der Waals surface area contributed by atoms with Crippen molar-refractivity contribution in [3.63, 3.8) is 0 Å². The number of carboxylic acids is 1. The van der Waals surface area contributed by atoms with Crippen LogP contribution in [0, 0.1) is 0 Å². The lowest BCUT2D eigenvalue weighted by Crippen LogP contribution is -2.43. The Morgan fingerprint density at radius 1 is 1.69 bits per heavy atom. The van der Waals surface area contributed by atoms with Crippen molar-refractivity contribution in [2.24, 2.45) is 10.7 Å². The van der Waals surface area contributed by atoms with Crippen LogP contribution in [0.3, 0.4) is 0 Å². The Hall–Kier alpha value is -0.290. The van der Waals surface area contributed by atoms with Crippen LogP contribution >= 0.6 is 34.8 Å². The van der Waals surface area contributed by atoms with E-state index < -0.39 is 16.3 Å². The van der Waals surface area contributed by atoms with Gasteiger partial charge in [0.25, 0.3) is 0 Å². The van der Waals surface area contributed by atoms with Crippen LogP contribution in [-0.2, 0) is 4.79 Å². The highest BCUT2D eigenvalue weighted by molar-refractivity contribution is 6.58. The molecular weight excluding hydrogens is 238 g/mol. The van der Waals surface area contributed by atoms with Crippen LogP contribution < -0.4 is 5.73 Å². The first-order valence-electron chi connectivity index (χ1n) is 3.18. The van der Waals surface area contributed by atoms with Gasteiger partial charge in [-0.05, 0) is 0 Å². The molecule has 1 unspecified atom stereocenters. The highest BCUT2D eigenvalue weighted by Crippen LogP contribution is 2.33. The minimum atomic E-state index is -1.45. The summed E-state index contributed by atoms with van der Waals surface area (Å²) in [4.78, 5) is 14.0. The van der Waals surface area contributed by atoms with Gasteiger partial charge in [-0.25, -0.2) is 9.79 Å². The van der Waals surface area contributed by atoms with Gasteiger partial charge in [0.1, 0.15) is 0 Å². The largest absolute Gasteiger partial charge is 0.476 e. The molecule has 13 heavy (non-hydrogen) atoms. The summed E-state index contributed by atoms with van der Waals surface area (Å²) in [5.74, 6) is -1.26. The van der Waals surface area contributed by atoms with Gasteiger partial charge in [0, 0.05) is 6.21 Å². The predicted octanol–water partition coefficient (Wildman–Crippen LogP) is 1.11. The SMILES string of the molecule is NC1C(Cl)=C(C(=O)O)N=CC1(Cl)Cl. The number of hydrogen-bond donors (Lipinski definition) is 2. The number of hydrogen-bond acceptors (Lipinski definition) is 3. The number of aliphatic imine (C=N–C) groups is 1. The zero-order valence-corrected chi connectivity index (χ0v) is 8.44. The molecule has 1 aliphatic rings. The molecule has 0 bridgehead atoms. The van der Waals surface area contributed by atoms with E-state index in [2.05, 4.69) is 4.99 Å². The van der Waals surface area contributed by atoms with Gasteiger partial charge < -0.3 is 10.8 Å². The zero-order valence-electron chi connectivity index (χ0n) is 6.17. The molecule has 0 aromatic rings. The molecule has 1 rings (SSSR count). The maximum atomic E-state index is 10.5. The molecule has 4 nitrogen and oxygen atoms in total. The number of aliphatic carboxylic acids is 1. The van der Waals surface area contributed by atoms with Gasteiger partial charge >= 0.3 is 5.97 Å². The third-order valence-corrected chi connectivity index (χ3v) is 2.56. The minimum Gasteiger partial charge on any atom is -0.476 e. The Morgan fingerprint density at radius 2 is 2.23 bits per heavy atom. The maximum Gasteiger partial charge on any atom is 0.355 e. The Balaban J connectivity index is 3.11. The number of nitrogens with zero attached hydrogens (tertiary/aromatic N) is 1. The molecule has 1 aliphatic heterocycles. The average Bonchev–Trinajstić information content (AvgIpc) is 2.00. The van der Waals surface area contributed by atoms with Crippen LogP contribution in [-0.4, -0.2) is 27.7 Å². The molecule has 0 aliphatic carbocycles. The summed E-state index contributed by atoms with van der Waals surface area (Å²) in [5, 5.41) is 8.45. The standard InChI is InChI=1S/C6H5Cl3N2O2/c7-2-3(5(12)13)11-1-6(8,9)4(2)10/h1,4H,10H2,(H,12,13). The molecule has 0 aromatic heterocycles. The molecule has 1 heterocycles. The maximum absolute atomic E-state index is 10.5. The number of halogens is 3. The highest BCUT2D eigenvalue weighted by Gasteiger charge is 2.38. The van der Waals surface area contributed by atoms with Gasteiger partial charge in [-0.3, -0.25) is 0 Å². The fourth-order valence-electron chi connectivity index (χ4n) is 0.766. The Kier molecular flexibility index (Phi) is 2.87. The van der Waals surface area contributed by atoms with Crippen LogP contribution in [0.1, 0.15) is 0 Å². The number of carbonyl (C=O) groups is 1. The van der Waals surface area contributed by atoms with E-state index in [4.69, 9.17) is 45.6 Å². The van der Waals surface area contributed by atoms with Crippen molar-refractivity contribution < 1.29 is 9.90 Å². The van der Waals surface area contributed by atoms with Gasteiger partial charge in [0.15, 0.2) is 10.0 Å². The topological polar surface area (TPSA) is 75.7 Å². The Morgan fingerprint density at radius 3 is 2.69 bits per heavy atom. The summed E-state index contributed by atoms with van der Waals surface area (Å²) >= 11 is 16.9. The van der Waals surface area contributed by atoms with Crippen LogP contribution in [0.15, 0.2) is 15.7 Å². The summed E-state index contributed by atoms with van der Waals surface area (Å²) in [7, 11) is 0. The van der Waals surface area contributed by atoms with Crippen molar-refractivity contribution in [1.82, 2.24) is 0 Å². The number of nitrogens with two attached hydrogens (primary N) is 1. The van der Waals surface area contributed by atoms with Crippen molar-refractivity contribution in [1.29, 1.82) is 0 Å². The molecule has 0 fully saturated rings. The molecule has 0 radical (unpaired) electrons. The van der Waals surface area contributed by atoms with E-state index >= 15 is 0 Å². The van der Waals surface area contributed by atoms with Crippen LogP contribution in [0.5, 0.6) is 0 Å². The molecule has 0 saturated carbocycles. The third kappa shape index (κ3) is 1.96. The van der Waals surface area contributed by atoms with Crippen LogP contribution in [0.4, 0.5) is 0 Å². The van der Waals surface area contributed by atoms with Crippen LogP contribution in [0.25, 0.3) is 0 Å². The fraction of sp³-hybridized carbons (Fsp3) is 0.333. The predicted molar refractivity (Wildman–Crippen MR) is 51.4 cm³/mol. The van der Waals surface area contributed by atoms with E-state index in [9.17, 15) is 4.79 Å². The van der Waals surface area contributed by atoms with E-state index in [1.165, 1.54) is 0 Å². The second kappa shape index (κ2) is 3.46. The molecule has 0 amide bonds. The molecular formula is C6H5Cl3N2O2. The number of rotatable bonds is 1. The molecule has 72 valence electrons. The third-order valence-electron chi connectivity index (χ3n) is 1.48. The first-order chi connectivity index (χ1) is 5.86. The summed E-state index contributed by atoms with van der Waals surface area (Å²) in [6.45, 7) is 0. The highest BCUT2D eigenvalue weighted by atomic mass is 35.5. The van der Waals surface area contributed by atoms with E-state index in [1.807, 2.05) is 0 Å². The lowest BCUT2D eigenvalue weighted by molar-refractivity contribution is -0.132. The summed E-state index contributed by atoms with van der Waals surface area (Å²) < 4.78 is -1.45. The normalized spacial score (nSPS) is 26.3. The van der Waals surface area contributed by atoms with Crippen molar-refractivity contribution in [2.75, 3.05) is 0 Å². The number of carboxylic acid groups (broad SMARTS) is 1. The van der Waals surface area contributed by atoms with E-state index in [1.54, 1.807) is 0 Å². The van der Waals surface area contributed by atoms with E-state index in [0.29, 0.717) is 0 Å². The van der Waals surface area contributed by atoms with Gasteiger partial charge in [-0.1, -0.05) is 34.8 Å². The average molecular weight is 243 g/mol. The van der Waals surface area contributed by atoms with Crippen molar-refractivity contribution in [3.05, 3.63) is 10.7 Å². The van der Waals surface area contributed by atoms with Gasteiger partial charge in [0.05, 0.1) is 11.1 Å². The quantitative estimate of drug-likeness (QED) is 0.677. The van der Waals surface area contributed by atoms with Crippen molar-refractivity contribution >= 4 is 47.0 Å².